The van der Waals surface area contributed by atoms with E-state index in [-0.39, 0.29) is 18.4 Å². The van der Waals surface area contributed by atoms with Gasteiger partial charge in [0.15, 0.2) is 0 Å². The summed E-state index contributed by atoms with van der Waals surface area (Å²) in [6.45, 7) is -0.175. The van der Waals surface area contributed by atoms with Gasteiger partial charge in [0.25, 0.3) is 5.91 Å². The number of carbonyl (C=O) groups excluding carboxylic acids is 2. The van der Waals surface area contributed by atoms with Crippen molar-refractivity contribution in [3.05, 3.63) is 48.0 Å². The Bertz CT molecular complexity index is 744. The van der Waals surface area contributed by atoms with Crippen LogP contribution >= 0.6 is 0 Å². The van der Waals surface area contributed by atoms with Crippen LogP contribution in [0.5, 0.6) is 17.2 Å². The summed E-state index contributed by atoms with van der Waals surface area (Å²) in [7, 11) is 4.58. The van der Waals surface area contributed by atoms with Crippen molar-refractivity contribution < 1.29 is 23.8 Å². The molecule has 0 saturated carbocycles. The molecule has 0 aliphatic carbocycles. The van der Waals surface area contributed by atoms with Gasteiger partial charge >= 0.3 is 0 Å². The van der Waals surface area contributed by atoms with Crippen molar-refractivity contribution in [1.82, 2.24) is 5.32 Å². The number of amides is 2. The molecule has 2 amide bonds. The van der Waals surface area contributed by atoms with Crippen LogP contribution in [-0.2, 0) is 4.79 Å². The van der Waals surface area contributed by atoms with Crippen molar-refractivity contribution in [3.8, 4) is 17.2 Å². The lowest BCUT2D eigenvalue weighted by Gasteiger charge is -2.12. The van der Waals surface area contributed by atoms with E-state index in [4.69, 9.17) is 14.2 Å². The first-order chi connectivity index (χ1) is 12.1. The highest BCUT2D eigenvalue weighted by molar-refractivity contribution is 5.99. The van der Waals surface area contributed by atoms with Crippen molar-refractivity contribution in [3.63, 3.8) is 0 Å². The maximum Gasteiger partial charge on any atom is 0.251 e. The third kappa shape index (κ3) is 4.87. The second-order valence-electron chi connectivity index (χ2n) is 5.03. The molecule has 0 aliphatic heterocycles. The average Bonchev–Trinajstić information content (AvgIpc) is 2.66. The second kappa shape index (κ2) is 8.58. The maximum absolute atomic E-state index is 12.1. The molecule has 2 rings (SSSR count). The molecule has 25 heavy (non-hydrogen) atoms. The average molecular weight is 344 g/mol. The molecule has 0 spiro atoms. The summed E-state index contributed by atoms with van der Waals surface area (Å²) in [5.41, 5.74) is 0.901. The summed E-state index contributed by atoms with van der Waals surface area (Å²) >= 11 is 0. The highest BCUT2D eigenvalue weighted by atomic mass is 16.5. The number of nitrogens with one attached hydrogen (secondary N) is 2. The summed E-state index contributed by atoms with van der Waals surface area (Å²) in [6.07, 6.45) is 0. The molecule has 0 atom stereocenters. The van der Waals surface area contributed by atoms with E-state index >= 15 is 0 Å². The third-order valence-corrected chi connectivity index (χ3v) is 3.44. The third-order valence-electron chi connectivity index (χ3n) is 3.44. The fraction of sp³-hybridized carbons (Fsp3) is 0.222. The molecule has 132 valence electrons. The number of ether oxygens (including phenoxy) is 3. The largest absolute Gasteiger partial charge is 0.497 e. The Hall–Kier alpha value is -3.22. The maximum atomic E-state index is 12.1. The van der Waals surface area contributed by atoms with E-state index in [9.17, 15) is 9.59 Å². The van der Waals surface area contributed by atoms with Gasteiger partial charge in [-0.3, -0.25) is 9.59 Å². The zero-order valence-corrected chi connectivity index (χ0v) is 14.3. The van der Waals surface area contributed by atoms with Gasteiger partial charge < -0.3 is 24.8 Å². The molecule has 0 fully saturated rings. The van der Waals surface area contributed by atoms with E-state index in [1.807, 2.05) is 0 Å². The van der Waals surface area contributed by atoms with Crippen LogP contribution in [0.4, 0.5) is 5.69 Å². The topological polar surface area (TPSA) is 85.9 Å². The number of hydrogen-bond donors (Lipinski definition) is 2. The van der Waals surface area contributed by atoms with E-state index in [0.717, 1.165) is 0 Å². The highest BCUT2D eigenvalue weighted by Gasteiger charge is 2.11. The van der Waals surface area contributed by atoms with Gasteiger partial charge in [-0.15, -0.1) is 0 Å². The first kappa shape index (κ1) is 18.1. The zero-order chi connectivity index (χ0) is 18.2. The SMILES string of the molecule is COc1ccc(C(=O)NCC(=O)Nc2cc(OC)ccc2OC)cc1. The molecule has 0 heterocycles. The van der Waals surface area contributed by atoms with Gasteiger partial charge in [-0.2, -0.15) is 0 Å². The molecule has 0 unspecified atom stereocenters. The molecular formula is C18H20N2O5. The van der Waals surface area contributed by atoms with Crippen LogP contribution in [0.15, 0.2) is 42.5 Å². The van der Waals surface area contributed by atoms with Crippen molar-refractivity contribution in [2.45, 2.75) is 0 Å². The van der Waals surface area contributed by atoms with Gasteiger partial charge in [-0.1, -0.05) is 0 Å². The first-order valence-corrected chi connectivity index (χ1v) is 7.51. The van der Waals surface area contributed by atoms with E-state index in [0.29, 0.717) is 28.5 Å². The molecule has 2 aromatic carbocycles. The summed E-state index contributed by atoms with van der Waals surface area (Å²) in [5, 5.41) is 5.24. The van der Waals surface area contributed by atoms with Gasteiger partial charge in [0.1, 0.15) is 17.2 Å². The van der Waals surface area contributed by atoms with Crippen LogP contribution in [0.3, 0.4) is 0 Å². The molecule has 0 aliphatic rings. The Morgan fingerprint density at radius 3 is 2.12 bits per heavy atom. The molecule has 2 aromatic rings. The Kier molecular flexibility index (Phi) is 6.22. The molecule has 7 heteroatoms. The molecule has 0 aromatic heterocycles. The molecule has 7 nitrogen and oxygen atoms in total. The molecule has 0 saturated heterocycles. The smallest absolute Gasteiger partial charge is 0.251 e. The van der Waals surface area contributed by atoms with E-state index in [1.54, 1.807) is 49.6 Å². The number of methoxy groups -OCH3 is 3. The van der Waals surface area contributed by atoms with Crippen LogP contribution in [0.2, 0.25) is 0 Å². The van der Waals surface area contributed by atoms with Crippen molar-refractivity contribution in [2.75, 3.05) is 33.2 Å². The quantitative estimate of drug-likeness (QED) is 0.803. The predicted molar refractivity (Wildman–Crippen MR) is 93.5 cm³/mol. The summed E-state index contributed by atoms with van der Waals surface area (Å²) in [6, 6.07) is 11.6. The minimum Gasteiger partial charge on any atom is -0.497 e. The van der Waals surface area contributed by atoms with Crippen molar-refractivity contribution >= 4 is 17.5 Å². The van der Waals surface area contributed by atoms with Crippen LogP contribution in [0.25, 0.3) is 0 Å². The number of rotatable bonds is 7. The van der Waals surface area contributed by atoms with Crippen LogP contribution in [0.1, 0.15) is 10.4 Å². The van der Waals surface area contributed by atoms with E-state index < -0.39 is 0 Å². The Labute approximate surface area is 145 Å². The highest BCUT2D eigenvalue weighted by Crippen LogP contribution is 2.28. The van der Waals surface area contributed by atoms with Gasteiger partial charge in [0.2, 0.25) is 5.91 Å². The lowest BCUT2D eigenvalue weighted by molar-refractivity contribution is -0.115. The number of carbonyl (C=O) groups is 2. The standard InChI is InChI=1S/C18H20N2O5/c1-23-13-6-4-12(5-7-13)18(22)19-11-17(21)20-15-10-14(24-2)8-9-16(15)25-3/h4-10H,11H2,1-3H3,(H,19,22)(H,20,21). The number of hydrogen-bond acceptors (Lipinski definition) is 5. The van der Waals surface area contributed by atoms with Crippen molar-refractivity contribution in [2.24, 2.45) is 0 Å². The Morgan fingerprint density at radius 2 is 1.52 bits per heavy atom. The van der Waals surface area contributed by atoms with Gasteiger partial charge in [0, 0.05) is 11.6 Å². The summed E-state index contributed by atoms with van der Waals surface area (Å²) in [4.78, 5) is 24.1. The predicted octanol–water partition coefficient (Wildman–Crippen LogP) is 2.08. The fourth-order valence-electron chi connectivity index (χ4n) is 2.11. The van der Waals surface area contributed by atoms with Crippen LogP contribution in [0, 0.1) is 0 Å². The monoisotopic (exact) mass is 344 g/mol. The van der Waals surface area contributed by atoms with E-state index in [1.165, 1.54) is 14.2 Å². The van der Waals surface area contributed by atoms with Gasteiger partial charge in [-0.25, -0.2) is 0 Å². The molecule has 0 bridgehead atoms. The minimum absolute atomic E-state index is 0.175. The zero-order valence-electron chi connectivity index (χ0n) is 14.3. The Balaban J connectivity index is 1.95. The molecular weight excluding hydrogens is 324 g/mol. The Morgan fingerprint density at radius 1 is 0.880 bits per heavy atom. The number of anilines is 1. The van der Waals surface area contributed by atoms with E-state index in [2.05, 4.69) is 10.6 Å². The van der Waals surface area contributed by atoms with Crippen LogP contribution in [-0.4, -0.2) is 39.7 Å². The fourth-order valence-corrected chi connectivity index (χ4v) is 2.11. The molecule has 0 radical (unpaired) electrons. The van der Waals surface area contributed by atoms with Gasteiger partial charge in [0.05, 0.1) is 33.6 Å². The summed E-state index contributed by atoms with van der Waals surface area (Å²) in [5.74, 6) is 0.997. The minimum atomic E-state index is -0.381. The first-order valence-electron chi connectivity index (χ1n) is 7.51. The molecule has 2 N–H and O–H groups in total. The number of benzene rings is 2. The lowest BCUT2D eigenvalue weighted by atomic mass is 10.2. The van der Waals surface area contributed by atoms with Gasteiger partial charge in [-0.05, 0) is 36.4 Å². The lowest BCUT2D eigenvalue weighted by Crippen LogP contribution is -2.32. The van der Waals surface area contributed by atoms with Crippen molar-refractivity contribution in [1.29, 1.82) is 0 Å². The summed E-state index contributed by atoms with van der Waals surface area (Å²) < 4.78 is 15.4. The van der Waals surface area contributed by atoms with Crippen LogP contribution < -0.4 is 24.8 Å². The second-order valence-corrected chi connectivity index (χ2v) is 5.03. The normalized spacial score (nSPS) is 9.88.